The van der Waals surface area contributed by atoms with Gasteiger partial charge < -0.3 is 4.74 Å². The van der Waals surface area contributed by atoms with Crippen LogP contribution in [0.1, 0.15) is 51.9 Å². The van der Waals surface area contributed by atoms with Gasteiger partial charge in [-0.3, -0.25) is 4.79 Å². The molecule has 2 aliphatic rings. The van der Waals surface area contributed by atoms with Gasteiger partial charge in [-0.25, -0.2) is 0 Å². The maximum Gasteiger partial charge on any atom is 0.308 e. The summed E-state index contributed by atoms with van der Waals surface area (Å²) in [7, 11) is 0. The zero-order valence-electron chi connectivity index (χ0n) is 9.71. The average molecular weight is 210 g/mol. The van der Waals surface area contributed by atoms with Gasteiger partial charge in [0, 0.05) is 0 Å². The molecule has 1 atom stereocenters. The lowest BCUT2D eigenvalue weighted by Crippen LogP contribution is -2.25. The van der Waals surface area contributed by atoms with E-state index in [2.05, 4.69) is 0 Å². The van der Waals surface area contributed by atoms with Crippen LogP contribution in [0.3, 0.4) is 0 Å². The Kier molecular flexibility index (Phi) is 3.66. The molecule has 0 aromatic heterocycles. The van der Waals surface area contributed by atoms with E-state index >= 15 is 0 Å². The Labute approximate surface area is 92.4 Å². The summed E-state index contributed by atoms with van der Waals surface area (Å²) in [6.07, 6.45) is 8.89. The quantitative estimate of drug-likeness (QED) is 0.666. The van der Waals surface area contributed by atoms with Crippen LogP contribution in [-0.4, -0.2) is 12.6 Å². The summed E-state index contributed by atoms with van der Waals surface area (Å²) < 4.78 is 5.34. The second kappa shape index (κ2) is 5.00. The molecule has 1 unspecified atom stereocenters. The molecule has 0 saturated heterocycles. The molecule has 2 nitrogen and oxygen atoms in total. The van der Waals surface area contributed by atoms with E-state index in [0.717, 1.165) is 0 Å². The second-order valence-electron chi connectivity index (χ2n) is 5.26. The van der Waals surface area contributed by atoms with Crippen LogP contribution in [0.5, 0.6) is 0 Å². The molecule has 0 bridgehead atoms. The molecule has 2 saturated carbocycles. The van der Waals surface area contributed by atoms with Crippen molar-refractivity contribution in [1.29, 1.82) is 0 Å². The van der Waals surface area contributed by atoms with E-state index in [1.54, 1.807) is 0 Å². The predicted molar refractivity (Wildman–Crippen MR) is 59.4 cm³/mol. The predicted octanol–water partition coefficient (Wildman–Crippen LogP) is 3.16. The number of ether oxygens (including phenoxy) is 1. The Bertz CT molecular complexity index is 215. The normalized spacial score (nSPS) is 24.9. The first-order chi connectivity index (χ1) is 7.27. The van der Waals surface area contributed by atoms with Crippen molar-refractivity contribution in [3.05, 3.63) is 0 Å². The number of rotatable bonds is 4. The van der Waals surface area contributed by atoms with E-state index in [4.69, 9.17) is 4.74 Å². The maximum absolute atomic E-state index is 11.8. The lowest BCUT2D eigenvalue weighted by atomic mass is 9.81. The first-order valence-electron chi connectivity index (χ1n) is 6.44. The van der Waals surface area contributed by atoms with Crippen molar-refractivity contribution in [3.8, 4) is 0 Å². The van der Waals surface area contributed by atoms with Crippen LogP contribution < -0.4 is 0 Å². The van der Waals surface area contributed by atoms with Gasteiger partial charge in [-0.2, -0.15) is 0 Å². The fraction of sp³-hybridized carbons (Fsp3) is 0.923. The SMILES string of the molecule is CC(C(=O)OCC1CC1)C1CCCCC1. The van der Waals surface area contributed by atoms with Gasteiger partial charge in [-0.1, -0.05) is 26.2 Å². The molecule has 0 amide bonds. The van der Waals surface area contributed by atoms with Gasteiger partial charge in [-0.05, 0) is 37.5 Å². The van der Waals surface area contributed by atoms with Crippen LogP contribution >= 0.6 is 0 Å². The Morgan fingerprint density at radius 2 is 1.87 bits per heavy atom. The molecule has 2 heteroatoms. The van der Waals surface area contributed by atoms with Gasteiger partial charge >= 0.3 is 5.97 Å². The van der Waals surface area contributed by atoms with Crippen molar-refractivity contribution in [2.24, 2.45) is 17.8 Å². The second-order valence-corrected chi connectivity index (χ2v) is 5.26. The maximum atomic E-state index is 11.8. The van der Waals surface area contributed by atoms with Crippen molar-refractivity contribution in [3.63, 3.8) is 0 Å². The summed E-state index contributed by atoms with van der Waals surface area (Å²) in [6, 6.07) is 0. The van der Waals surface area contributed by atoms with E-state index in [1.165, 1.54) is 44.9 Å². The van der Waals surface area contributed by atoms with Gasteiger partial charge in [0.25, 0.3) is 0 Å². The van der Waals surface area contributed by atoms with Crippen molar-refractivity contribution in [2.45, 2.75) is 51.9 Å². The molecular weight excluding hydrogens is 188 g/mol. The molecule has 0 radical (unpaired) electrons. The third-order valence-electron chi connectivity index (χ3n) is 3.89. The number of carbonyl (C=O) groups is 1. The zero-order chi connectivity index (χ0) is 10.7. The number of esters is 1. The lowest BCUT2D eigenvalue weighted by molar-refractivity contribution is -0.150. The summed E-state index contributed by atoms with van der Waals surface area (Å²) in [5.74, 6) is 1.45. The fourth-order valence-electron chi connectivity index (χ4n) is 2.44. The van der Waals surface area contributed by atoms with E-state index in [1.807, 2.05) is 6.92 Å². The topological polar surface area (TPSA) is 26.3 Å². The number of hydrogen-bond donors (Lipinski definition) is 0. The first-order valence-corrected chi connectivity index (χ1v) is 6.44. The van der Waals surface area contributed by atoms with Crippen LogP contribution in [0.15, 0.2) is 0 Å². The monoisotopic (exact) mass is 210 g/mol. The van der Waals surface area contributed by atoms with Crippen LogP contribution in [-0.2, 0) is 9.53 Å². The Hall–Kier alpha value is -0.530. The van der Waals surface area contributed by atoms with Gasteiger partial charge in [0.05, 0.1) is 12.5 Å². The van der Waals surface area contributed by atoms with Gasteiger partial charge in [-0.15, -0.1) is 0 Å². The standard InChI is InChI=1S/C13H22O2/c1-10(12-5-3-2-4-6-12)13(14)15-9-11-7-8-11/h10-12H,2-9H2,1H3. The van der Waals surface area contributed by atoms with Crippen molar-refractivity contribution in [1.82, 2.24) is 0 Å². The van der Waals surface area contributed by atoms with E-state index < -0.39 is 0 Å². The largest absolute Gasteiger partial charge is 0.465 e. The van der Waals surface area contributed by atoms with Crippen molar-refractivity contribution >= 4 is 5.97 Å². The Morgan fingerprint density at radius 3 is 2.47 bits per heavy atom. The van der Waals surface area contributed by atoms with Crippen LogP contribution in [0.25, 0.3) is 0 Å². The molecule has 2 rings (SSSR count). The number of carbonyl (C=O) groups excluding carboxylic acids is 1. The van der Waals surface area contributed by atoms with Crippen molar-refractivity contribution < 1.29 is 9.53 Å². The fourth-order valence-corrected chi connectivity index (χ4v) is 2.44. The summed E-state index contributed by atoms with van der Waals surface area (Å²) in [4.78, 5) is 11.8. The molecule has 15 heavy (non-hydrogen) atoms. The van der Waals surface area contributed by atoms with Gasteiger partial charge in [0.1, 0.15) is 0 Å². The zero-order valence-corrected chi connectivity index (χ0v) is 9.71. The minimum atomic E-state index is 0.0498. The molecule has 0 aliphatic heterocycles. The molecule has 2 fully saturated rings. The van der Waals surface area contributed by atoms with Crippen LogP contribution in [0, 0.1) is 17.8 Å². The highest BCUT2D eigenvalue weighted by Gasteiger charge is 2.29. The Morgan fingerprint density at radius 1 is 1.20 bits per heavy atom. The van der Waals surface area contributed by atoms with E-state index in [0.29, 0.717) is 18.4 Å². The van der Waals surface area contributed by atoms with E-state index in [9.17, 15) is 4.79 Å². The number of hydrogen-bond acceptors (Lipinski definition) is 2. The average Bonchev–Trinajstić information content (AvgIpc) is 3.10. The highest BCUT2D eigenvalue weighted by Crippen LogP contribution is 2.32. The van der Waals surface area contributed by atoms with Crippen LogP contribution in [0.4, 0.5) is 0 Å². The first kappa shape index (κ1) is 11.0. The summed E-state index contributed by atoms with van der Waals surface area (Å²) in [6.45, 7) is 2.72. The highest BCUT2D eigenvalue weighted by molar-refractivity contribution is 5.72. The summed E-state index contributed by atoms with van der Waals surface area (Å²) in [5.41, 5.74) is 0. The van der Waals surface area contributed by atoms with Crippen LogP contribution in [0.2, 0.25) is 0 Å². The smallest absolute Gasteiger partial charge is 0.308 e. The summed E-state index contributed by atoms with van der Waals surface area (Å²) >= 11 is 0. The molecule has 86 valence electrons. The third-order valence-corrected chi connectivity index (χ3v) is 3.89. The van der Waals surface area contributed by atoms with E-state index in [-0.39, 0.29) is 11.9 Å². The third kappa shape index (κ3) is 3.22. The molecule has 0 heterocycles. The van der Waals surface area contributed by atoms with Gasteiger partial charge in [0.2, 0.25) is 0 Å². The minimum absolute atomic E-state index is 0.0498. The minimum Gasteiger partial charge on any atom is -0.465 e. The van der Waals surface area contributed by atoms with Crippen molar-refractivity contribution in [2.75, 3.05) is 6.61 Å². The summed E-state index contributed by atoms with van der Waals surface area (Å²) in [5, 5.41) is 0. The highest BCUT2D eigenvalue weighted by atomic mass is 16.5. The lowest BCUT2D eigenvalue weighted by Gasteiger charge is -2.26. The molecular formula is C13H22O2. The van der Waals surface area contributed by atoms with Gasteiger partial charge in [0.15, 0.2) is 0 Å². The molecule has 0 spiro atoms. The molecule has 2 aliphatic carbocycles. The molecule has 0 N–H and O–H groups in total. The molecule has 0 aromatic rings. The Balaban J connectivity index is 1.71. The molecule has 0 aromatic carbocycles.